The van der Waals surface area contributed by atoms with Crippen LogP contribution in [0.5, 0.6) is 0 Å². The van der Waals surface area contributed by atoms with Crippen LogP contribution in [0.2, 0.25) is 0 Å². The minimum absolute atomic E-state index is 0.285. The first-order valence-corrected chi connectivity index (χ1v) is 12.3. The Balaban J connectivity index is 1.43. The Morgan fingerprint density at radius 2 is 1.74 bits per heavy atom. The maximum Gasteiger partial charge on any atom is 0.316 e. The predicted molar refractivity (Wildman–Crippen MR) is 133 cm³/mol. The standard InChI is InChI=1S/C27H33FN4O2/c1-32-23-17-8-6-15-21(23)24(20-14-5-7-16-22(20)28)30-25(26(32)33)31-27(34)29-18-10-9-13-19-11-3-2-4-12-19/h5-8,14-17,19,25H,2-4,9-13,18H2,1H3,(H2,29,31,34). The van der Waals surface area contributed by atoms with Gasteiger partial charge in [-0.3, -0.25) is 4.79 Å². The number of benzene rings is 2. The molecule has 7 heteroatoms. The fourth-order valence-corrected chi connectivity index (χ4v) is 4.90. The Morgan fingerprint density at radius 1 is 1.03 bits per heavy atom. The molecule has 1 aliphatic heterocycles. The van der Waals surface area contributed by atoms with Crippen molar-refractivity contribution in [2.24, 2.45) is 10.9 Å². The molecule has 1 fully saturated rings. The van der Waals surface area contributed by atoms with E-state index in [2.05, 4.69) is 15.6 Å². The second kappa shape index (κ2) is 11.3. The van der Waals surface area contributed by atoms with E-state index < -0.39 is 18.0 Å². The lowest BCUT2D eigenvalue weighted by molar-refractivity contribution is -0.119. The summed E-state index contributed by atoms with van der Waals surface area (Å²) in [4.78, 5) is 31.7. The molecule has 0 spiro atoms. The Kier molecular flexibility index (Phi) is 7.93. The summed E-state index contributed by atoms with van der Waals surface area (Å²) in [5, 5.41) is 5.53. The normalized spacial score (nSPS) is 18.6. The number of amides is 3. The second-order valence-electron chi connectivity index (χ2n) is 9.17. The number of carbonyl (C=O) groups excluding carboxylic acids is 2. The number of likely N-dealkylation sites (N-methyl/N-ethyl adjacent to an activating group) is 1. The lowest BCUT2D eigenvalue weighted by Crippen LogP contribution is -2.49. The third-order valence-corrected chi connectivity index (χ3v) is 6.79. The first-order valence-electron chi connectivity index (χ1n) is 12.3. The molecule has 3 amide bonds. The van der Waals surface area contributed by atoms with Gasteiger partial charge in [0.25, 0.3) is 5.91 Å². The summed E-state index contributed by atoms with van der Waals surface area (Å²) in [6.07, 6.45) is 8.74. The van der Waals surface area contributed by atoms with Gasteiger partial charge in [-0.15, -0.1) is 0 Å². The molecular formula is C27H33FN4O2. The third-order valence-electron chi connectivity index (χ3n) is 6.79. The number of hydrogen-bond donors (Lipinski definition) is 2. The van der Waals surface area contributed by atoms with E-state index in [0.717, 1.165) is 18.8 Å². The summed E-state index contributed by atoms with van der Waals surface area (Å²) < 4.78 is 14.7. The summed E-state index contributed by atoms with van der Waals surface area (Å²) in [6.45, 7) is 0.541. The van der Waals surface area contributed by atoms with Crippen molar-refractivity contribution in [1.82, 2.24) is 10.6 Å². The average molecular weight is 465 g/mol. The number of urea groups is 1. The summed E-state index contributed by atoms with van der Waals surface area (Å²) >= 11 is 0. The number of unbranched alkanes of at least 4 members (excludes halogenated alkanes) is 1. The molecule has 2 aliphatic rings. The van der Waals surface area contributed by atoms with Gasteiger partial charge in [-0.05, 0) is 30.5 Å². The SMILES string of the molecule is CN1C(=O)C(NC(=O)NCCCCC2CCCCC2)N=C(c2ccccc2F)c2ccccc21. The molecule has 0 radical (unpaired) electrons. The average Bonchev–Trinajstić information content (AvgIpc) is 2.96. The predicted octanol–water partition coefficient (Wildman–Crippen LogP) is 5.02. The van der Waals surface area contributed by atoms with E-state index in [-0.39, 0.29) is 11.5 Å². The minimum Gasteiger partial charge on any atom is -0.338 e. The molecule has 1 unspecified atom stereocenters. The summed E-state index contributed by atoms with van der Waals surface area (Å²) in [7, 11) is 1.64. The molecule has 0 aromatic heterocycles. The number of nitrogens with one attached hydrogen (secondary N) is 2. The van der Waals surface area contributed by atoms with Crippen molar-refractivity contribution in [1.29, 1.82) is 0 Å². The van der Waals surface area contributed by atoms with Crippen molar-refractivity contribution in [3.8, 4) is 0 Å². The van der Waals surface area contributed by atoms with Gasteiger partial charge in [-0.25, -0.2) is 14.2 Å². The van der Waals surface area contributed by atoms with E-state index in [1.54, 1.807) is 37.4 Å². The van der Waals surface area contributed by atoms with Crippen molar-refractivity contribution in [3.05, 3.63) is 65.5 Å². The Labute approximate surface area is 200 Å². The molecule has 0 bridgehead atoms. The molecule has 0 saturated heterocycles. The van der Waals surface area contributed by atoms with E-state index in [1.807, 2.05) is 12.1 Å². The van der Waals surface area contributed by atoms with Crippen molar-refractivity contribution in [3.63, 3.8) is 0 Å². The van der Waals surface area contributed by atoms with Gasteiger partial charge in [0.2, 0.25) is 6.17 Å². The molecule has 6 nitrogen and oxygen atoms in total. The molecular weight excluding hydrogens is 431 g/mol. The van der Waals surface area contributed by atoms with Gasteiger partial charge in [-0.1, -0.05) is 75.3 Å². The van der Waals surface area contributed by atoms with Crippen molar-refractivity contribution in [2.45, 2.75) is 57.5 Å². The van der Waals surface area contributed by atoms with Crippen molar-refractivity contribution < 1.29 is 14.0 Å². The highest BCUT2D eigenvalue weighted by Gasteiger charge is 2.31. The molecule has 4 rings (SSSR count). The van der Waals surface area contributed by atoms with Gasteiger partial charge < -0.3 is 15.5 Å². The Bertz CT molecular complexity index is 1050. The van der Waals surface area contributed by atoms with Crippen LogP contribution in [0.1, 0.15) is 62.5 Å². The number of carbonyl (C=O) groups is 2. The minimum atomic E-state index is -1.16. The molecule has 2 aromatic rings. The highest BCUT2D eigenvalue weighted by Crippen LogP contribution is 2.29. The van der Waals surface area contributed by atoms with Crippen LogP contribution in [0.25, 0.3) is 0 Å². The maximum absolute atomic E-state index is 14.7. The number of benzodiazepines with no additional fused rings is 1. The van der Waals surface area contributed by atoms with Gasteiger partial charge in [0.05, 0.1) is 11.4 Å². The molecule has 180 valence electrons. The van der Waals surface area contributed by atoms with Gasteiger partial charge in [0.1, 0.15) is 5.82 Å². The van der Waals surface area contributed by atoms with Crippen molar-refractivity contribution >= 4 is 23.3 Å². The van der Waals surface area contributed by atoms with Gasteiger partial charge in [0.15, 0.2) is 0 Å². The molecule has 1 atom stereocenters. The molecule has 1 heterocycles. The number of hydrogen-bond acceptors (Lipinski definition) is 3. The first kappa shape index (κ1) is 23.9. The second-order valence-corrected chi connectivity index (χ2v) is 9.17. The lowest BCUT2D eigenvalue weighted by atomic mass is 9.86. The molecule has 34 heavy (non-hydrogen) atoms. The van der Waals surface area contributed by atoms with Crippen LogP contribution in [-0.4, -0.2) is 37.4 Å². The lowest BCUT2D eigenvalue weighted by Gasteiger charge is -2.21. The van der Waals surface area contributed by atoms with E-state index in [1.165, 1.54) is 49.5 Å². The monoisotopic (exact) mass is 464 g/mol. The smallest absolute Gasteiger partial charge is 0.316 e. The van der Waals surface area contributed by atoms with Crippen LogP contribution in [0, 0.1) is 11.7 Å². The first-order chi connectivity index (χ1) is 16.5. The fraction of sp³-hybridized carbons (Fsp3) is 0.444. The molecule has 2 aromatic carbocycles. The van der Waals surface area contributed by atoms with E-state index in [0.29, 0.717) is 23.5 Å². The van der Waals surface area contributed by atoms with Crippen molar-refractivity contribution in [2.75, 3.05) is 18.5 Å². The number of halogens is 1. The van der Waals surface area contributed by atoms with Crippen LogP contribution in [0.15, 0.2) is 53.5 Å². The summed E-state index contributed by atoms with van der Waals surface area (Å²) in [6, 6.07) is 13.1. The zero-order valence-electron chi connectivity index (χ0n) is 19.7. The zero-order chi connectivity index (χ0) is 23.9. The summed E-state index contributed by atoms with van der Waals surface area (Å²) in [5.74, 6) is 0.00922. The van der Waals surface area contributed by atoms with Gasteiger partial charge in [-0.2, -0.15) is 0 Å². The summed E-state index contributed by atoms with van der Waals surface area (Å²) in [5.41, 5.74) is 1.87. The quantitative estimate of drug-likeness (QED) is 0.565. The van der Waals surface area contributed by atoms with Crippen LogP contribution in [0.3, 0.4) is 0 Å². The number of aliphatic imine (C=N–C) groups is 1. The van der Waals surface area contributed by atoms with Crippen LogP contribution in [0.4, 0.5) is 14.9 Å². The maximum atomic E-state index is 14.7. The molecule has 1 aliphatic carbocycles. The highest BCUT2D eigenvalue weighted by atomic mass is 19.1. The number of anilines is 1. The molecule has 1 saturated carbocycles. The van der Waals surface area contributed by atoms with Gasteiger partial charge in [0, 0.05) is 24.7 Å². The fourth-order valence-electron chi connectivity index (χ4n) is 4.90. The largest absolute Gasteiger partial charge is 0.338 e. The van der Waals surface area contributed by atoms with Crippen LogP contribution >= 0.6 is 0 Å². The number of para-hydroxylation sites is 1. The Morgan fingerprint density at radius 3 is 2.50 bits per heavy atom. The highest BCUT2D eigenvalue weighted by molar-refractivity contribution is 6.20. The Hall–Kier alpha value is -3.22. The van der Waals surface area contributed by atoms with Gasteiger partial charge >= 0.3 is 6.03 Å². The number of rotatable bonds is 7. The van der Waals surface area contributed by atoms with E-state index >= 15 is 0 Å². The number of nitrogens with zero attached hydrogens (tertiary/aromatic N) is 2. The van der Waals surface area contributed by atoms with E-state index in [4.69, 9.17) is 0 Å². The topological polar surface area (TPSA) is 73.8 Å². The zero-order valence-corrected chi connectivity index (χ0v) is 19.7. The van der Waals surface area contributed by atoms with E-state index in [9.17, 15) is 14.0 Å². The van der Waals surface area contributed by atoms with Crippen LogP contribution < -0.4 is 15.5 Å². The van der Waals surface area contributed by atoms with Crippen LogP contribution in [-0.2, 0) is 4.79 Å². The third kappa shape index (κ3) is 5.64. The molecule has 2 N–H and O–H groups in total. The number of fused-ring (bicyclic) bond motifs is 1.